The molecule has 1 aliphatic heterocycles. The predicted molar refractivity (Wildman–Crippen MR) is 105 cm³/mol. The highest BCUT2D eigenvalue weighted by atomic mass is 32.2. The lowest BCUT2D eigenvalue weighted by Crippen LogP contribution is -2.27. The topological polar surface area (TPSA) is 73.2 Å². The van der Waals surface area contributed by atoms with Gasteiger partial charge in [-0.25, -0.2) is 13.8 Å². The van der Waals surface area contributed by atoms with E-state index in [4.69, 9.17) is 4.74 Å². The summed E-state index contributed by atoms with van der Waals surface area (Å²) in [5.41, 5.74) is 0.503. The zero-order chi connectivity index (χ0) is 20.3. The standard InChI is InChI=1S/C18H19F2N3O3S2/c1-10-7-14-16(28-10)17(25)23(5-6-26-2)18(22-14)27-9-15(24)21-13-4-3-11(19)8-12(13)20/h3-4,8,10H,5-7,9H2,1-2H3,(H,21,24). The number of fused-ring (bicyclic) bond motifs is 1. The second kappa shape index (κ2) is 9.06. The highest BCUT2D eigenvalue weighted by Gasteiger charge is 2.26. The van der Waals surface area contributed by atoms with Gasteiger partial charge in [0.25, 0.3) is 5.56 Å². The van der Waals surface area contributed by atoms with E-state index >= 15 is 0 Å². The molecule has 0 saturated carbocycles. The summed E-state index contributed by atoms with van der Waals surface area (Å²) in [6, 6.07) is 2.93. The van der Waals surface area contributed by atoms with Crippen LogP contribution in [-0.2, 0) is 22.5 Å². The minimum Gasteiger partial charge on any atom is -0.383 e. The maximum Gasteiger partial charge on any atom is 0.268 e. The number of halogens is 2. The fourth-order valence-electron chi connectivity index (χ4n) is 2.73. The molecular formula is C18H19F2N3O3S2. The number of methoxy groups -OCH3 is 1. The SMILES string of the molecule is COCCn1c(SCC(=O)Nc2ccc(F)cc2F)nc2c(c1=O)SC(C)C2. The smallest absolute Gasteiger partial charge is 0.268 e. The van der Waals surface area contributed by atoms with E-state index in [2.05, 4.69) is 10.3 Å². The van der Waals surface area contributed by atoms with Gasteiger partial charge in [0.15, 0.2) is 5.16 Å². The maximum atomic E-state index is 13.7. The molecular weight excluding hydrogens is 408 g/mol. The average Bonchev–Trinajstić information content (AvgIpc) is 3.02. The first-order chi connectivity index (χ1) is 13.4. The van der Waals surface area contributed by atoms with E-state index in [1.54, 1.807) is 7.11 Å². The molecule has 1 aromatic carbocycles. The first-order valence-corrected chi connectivity index (χ1v) is 10.4. The van der Waals surface area contributed by atoms with Crippen LogP contribution in [0.1, 0.15) is 12.6 Å². The average molecular weight is 427 g/mol. The Morgan fingerprint density at radius 3 is 2.96 bits per heavy atom. The molecule has 0 radical (unpaired) electrons. The van der Waals surface area contributed by atoms with E-state index < -0.39 is 17.5 Å². The lowest BCUT2D eigenvalue weighted by Gasteiger charge is -2.13. The lowest BCUT2D eigenvalue weighted by atomic mass is 10.2. The summed E-state index contributed by atoms with van der Waals surface area (Å²) in [5.74, 6) is -2.12. The number of aromatic nitrogens is 2. The third kappa shape index (κ3) is 4.73. The number of rotatable bonds is 7. The number of carbonyl (C=O) groups excluding carboxylic acids is 1. The lowest BCUT2D eigenvalue weighted by molar-refractivity contribution is -0.113. The third-order valence-corrected chi connectivity index (χ3v) is 6.21. The predicted octanol–water partition coefficient (Wildman–Crippen LogP) is 2.94. The van der Waals surface area contributed by atoms with Crippen molar-refractivity contribution in [3.8, 4) is 0 Å². The fourth-order valence-corrected chi connectivity index (χ4v) is 4.69. The van der Waals surface area contributed by atoms with Crippen LogP contribution >= 0.6 is 23.5 Å². The molecule has 0 fully saturated rings. The molecule has 1 atom stereocenters. The number of nitrogens with zero attached hydrogens (tertiary/aromatic N) is 2. The molecule has 0 aliphatic carbocycles. The molecule has 1 unspecified atom stereocenters. The number of ether oxygens (including phenoxy) is 1. The highest BCUT2D eigenvalue weighted by Crippen LogP contribution is 2.34. The van der Waals surface area contributed by atoms with Crippen molar-refractivity contribution < 1.29 is 18.3 Å². The van der Waals surface area contributed by atoms with Crippen LogP contribution in [0.5, 0.6) is 0 Å². The Bertz CT molecular complexity index is 952. The Labute approximate surface area is 169 Å². The van der Waals surface area contributed by atoms with Gasteiger partial charge in [-0.2, -0.15) is 0 Å². The molecule has 10 heteroatoms. The molecule has 0 bridgehead atoms. The van der Waals surface area contributed by atoms with Crippen LogP contribution < -0.4 is 10.9 Å². The van der Waals surface area contributed by atoms with Crippen molar-refractivity contribution in [3.63, 3.8) is 0 Å². The number of thioether (sulfide) groups is 2. The van der Waals surface area contributed by atoms with Crippen LogP contribution in [0.4, 0.5) is 14.5 Å². The van der Waals surface area contributed by atoms with Crippen LogP contribution in [0, 0.1) is 11.6 Å². The van der Waals surface area contributed by atoms with Crippen LogP contribution in [-0.4, -0.2) is 40.2 Å². The quantitative estimate of drug-likeness (QED) is 0.541. The molecule has 150 valence electrons. The van der Waals surface area contributed by atoms with Crippen LogP contribution in [0.25, 0.3) is 0 Å². The van der Waals surface area contributed by atoms with Crippen molar-refractivity contribution in [1.29, 1.82) is 0 Å². The Balaban J connectivity index is 1.75. The molecule has 2 aromatic rings. The van der Waals surface area contributed by atoms with Gasteiger partial charge in [-0.1, -0.05) is 18.7 Å². The number of amides is 1. The number of carbonyl (C=O) groups is 1. The number of benzene rings is 1. The summed E-state index contributed by atoms with van der Waals surface area (Å²) in [4.78, 5) is 30.2. The Morgan fingerprint density at radius 2 is 2.25 bits per heavy atom. The van der Waals surface area contributed by atoms with Crippen molar-refractivity contribution >= 4 is 35.1 Å². The summed E-state index contributed by atoms with van der Waals surface area (Å²) in [5, 5.41) is 3.09. The summed E-state index contributed by atoms with van der Waals surface area (Å²) in [7, 11) is 1.54. The van der Waals surface area contributed by atoms with Gasteiger partial charge in [0.2, 0.25) is 5.91 Å². The molecule has 1 aliphatic rings. The van der Waals surface area contributed by atoms with Crippen molar-refractivity contribution in [3.05, 3.63) is 45.9 Å². The van der Waals surface area contributed by atoms with Gasteiger partial charge in [0.1, 0.15) is 11.6 Å². The van der Waals surface area contributed by atoms with Gasteiger partial charge in [-0.15, -0.1) is 11.8 Å². The van der Waals surface area contributed by atoms with Crippen molar-refractivity contribution in [2.45, 2.75) is 35.2 Å². The minimum atomic E-state index is -0.850. The molecule has 0 spiro atoms. The molecule has 1 amide bonds. The first-order valence-electron chi connectivity index (χ1n) is 8.56. The molecule has 1 aromatic heterocycles. The van der Waals surface area contributed by atoms with Crippen molar-refractivity contribution in [1.82, 2.24) is 9.55 Å². The number of hydrogen-bond acceptors (Lipinski definition) is 6. The Morgan fingerprint density at radius 1 is 1.46 bits per heavy atom. The van der Waals surface area contributed by atoms with E-state index in [0.29, 0.717) is 35.7 Å². The van der Waals surface area contributed by atoms with Gasteiger partial charge >= 0.3 is 0 Å². The van der Waals surface area contributed by atoms with Gasteiger partial charge in [-0.3, -0.25) is 14.2 Å². The summed E-state index contributed by atoms with van der Waals surface area (Å²) in [6.45, 7) is 2.69. The third-order valence-electron chi connectivity index (χ3n) is 4.02. The monoisotopic (exact) mass is 427 g/mol. The molecule has 3 rings (SSSR count). The van der Waals surface area contributed by atoms with E-state index in [-0.39, 0.29) is 22.2 Å². The molecule has 2 heterocycles. The van der Waals surface area contributed by atoms with E-state index in [1.165, 1.54) is 16.3 Å². The second-order valence-electron chi connectivity index (χ2n) is 6.21. The van der Waals surface area contributed by atoms with Crippen LogP contribution in [0.15, 0.2) is 33.0 Å². The van der Waals surface area contributed by atoms with Gasteiger partial charge in [0, 0.05) is 24.8 Å². The minimum absolute atomic E-state index is 0.0717. The maximum absolute atomic E-state index is 13.7. The number of hydrogen-bond donors (Lipinski definition) is 1. The van der Waals surface area contributed by atoms with E-state index in [9.17, 15) is 18.4 Å². The fraction of sp³-hybridized carbons (Fsp3) is 0.389. The number of nitrogens with one attached hydrogen (secondary N) is 1. The molecule has 28 heavy (non-hydrogen) atoms. The normalized spacial score (nSPS) is 15.5. The highest BCUT2D eigenvalue weighted by molar-refractivity contribution is 8.00. The van der Waals surface area contributed by atoms with Crippen molar-refractivity contribution in [2.75, 3.05) is 24.8 Å². The summed E-state index contributed by atoms with van der Waals surface area (Å²) < 4.78 is 33.2. The largest absolute Gasteiger partial charge is 0.383 e. The first kappa shape index (κ1) is 20.8. The second-order valence-corrected chi connectivity index (χ2v) is 8.60. The molecule has 1 N–H and O–H groups in total. The van der Waals surface area contributed by atoms with Gasteiger partial charge in [-0.05, 0) is 12.1 Å². The van der Waals surface area contributed by atoms with Crippen molar-refractivity contribution in [2.24, 2.45) is 0 Å². The molecule has 6 nitrogen and oxygen atoms in total. The van der Waals surface area contributed by atoms with Crippen LogP contribution in [0.3, 0.4) is 0 Å². The number of anilines is 1. The van der Waals surface area contributed by atoms with Gasteiger partial charge in [0.05, 0.1) is 35.2 Å². The Hall–Kier alpha value is -1.91. The van der Waals surface area contributed by atoms with E-state index in [1.807, 2.05) is 6.92 Å². The van der Waals surface area contributed by atoms with Gasteiger partial charge < -0.3 is 10.1 Å². The Kier molecular flexibility index (Phi) is 6.73. The summed E-state index contributed by atoms with van der Waals surface area (Å²) in [6.07, 6.45) is 0.695. The van der Waals surface area contributed by atoms with Crippen LogP contribution in [0.2, 0.25) is 0 Å². The summed E-state index contributed by atoms with van der Waals surface area (Å²) >= 11 is 2.60. The van der Waals surface area contributed by atoms with E-state index in [0.717, 1.165) is 29.6 Å². The zero-order valence-electron chi connectivity index (χ0n) is 15.3. The zero-order valence-corrected chi connectivity index (χ0v) is 17.0. The molecule has 0 saturated heterocycles.